The molecule has 27 heteroatoms. The monoisotopic (exact) mass is 1210 g/mol. The summed E-state index contributed by atoms with van der Waals surface area (Å²) in [5, 5.41) is 31.0. The third kappa shape index (κ3) is 22.1. The molecule has 87 heavy (non-hydrogen) atoms. The molecule has 10 atom stereocenters. The number of rotatable bonds is 34. The van der Waals surface area contributed by atoms with Crippen molar-refractivity contribution < 1.29 is 57.8 Å². The molecule has 10 amide bonds. The van der Waals surface area contributed by atoms with E-state index in [1.807, 2.05) is 44.2 Å². The van der Waals surface area contributed by atoms with Crippen molar-refractivity contribution in [2.45, 2.75) is 173 Å². The van der Waals surface area contributed by atoms with Crippen molar-refractivity contribution in [2.75, 3.05) is 6.54 Å². The number of primary amides is 1. The first-order valence-corrected chi connectivity index (χ1v) is 29.3. The van der Waals surface area contributed by atoms with E-state index in [0.717, 1.165) is 5.56 Å². The van der Waals surface area contributed by atoms with E-state index in [9.17, 15) is 57.8 Å². The van der Waals surface area contributed by atoms with Crippen LogP contribution >= 0.6 is 0 Å². The molecule has 0 radical (unpaired) electrons. The van der Waals surface area contributed by atoms with Crippen LogP contribution in [0.3, 0.4) is 0 Å². The molecule has 0 aliphatic carbocycles. The van der Waals surface area contributed by atoms with Gasteiger partial charge in [0.15, 0.2) is 0 Å². The van der Waals surface area contributed by atoms with Gasteiger partial charge in [-0.3, -0.25) is 47.9 Å². The number of imidazole rings is 2. The topological polar surface area (TPSA) is 417 Å². The van der Waals surface area contributed by atoms with Gasteiger partial charge in [0, 0.05) is 56.0 Å². The van der Waals surface area contributed by atoms with Gasteiger partial charge >= 0.3 is 5.97 Å². The SMILES string of the molecule is CC(C)C[C@H](NC(=O)[C@H](C)NC(=O)[C@H](CCC(N)=O)NC(=O)[C@H](Cc1ccccc1)NC(=O)[C@H](Cc1cnc[nH]1)NC(=O)[C@@H]1CCCN1C(=O)[C@H](CC(C)C)NC(=O)[C@@H](N)Cc1ccccc1)C(=O)N[C@@H](Cc1cnc[nH]1)C(=O)N[C@H](C(=O)O)C(C)C. The van der Waals surface area contributed by atoms with Crippen LogP contribution in [0.1, 0.15) is 110 Å². The van der Waals surface area contributed by atoms with Crippen molar-refractivity contribution in [2.24, 2.45) is 29.2 Å². The van der Waals surface area contributed by atoms with Crippen molar-refractivity contribution in [3.05, 3.63) is 108 Å². The Labute approximate surface area is 505 Å². The van der Waals surface area contributed by atoms with E-state index < -0.39 is 138 Å². The van der Waals surface area contributed by atoms with Crippen molar-refractivity contribution in [1.29, 1.82) is 0 Å². The minimum absolute atomic E-state index is 0.0442. The molecule has 0 unspecified atom stereocenters. The number of amides is 10. The molecule has 2 aromatic heterocycles. The van der Waals surface area contributed by atoms with Crippen molar-refractivity contribution in [3.8, 4) is 0 Å². The number of benzene rings is 2. The summed E-state index contributed by atoms with van der Waals surface area (Å²) in [7, 11) is 0. The van der Waals surface area contributed by atoms with Gasteiger partial charge in [-0.2, -0.15) is 0 Å². The number of carboxylic acid groups (broad SMARTS) is 1. The van der Waals surface area contributed by atoms with Crippen molar-refractivity contribution in [1.82, 2.24) is 67.4 Å². The quantitative estimate of drug-likeness (QED) is 0.0286. The van der Waals surface area contributed by atoms with Gasteiger partial charge in [-0.05, 0) is 74.3 Å². The van der Waals surface area contributed by atoms with Gasteiger partial charge in [-0.15, -0.1) is 0 Å². The molecule has 1 aliphatic heterocycles. The lowest BCUT2D eigenvalue weighted by Crippen LogP contribution is -2.61. The number of carbonyl (C=O) groups excluding carboxylic acids is 10. The lowest BCUT2D eigenvalue weighted by Gasteiger charge is -2.31. The summed E-state index contributed by atoms with van der Waals surface area (Å²) in [6.07, 6.45) is 5.66. The van der Waals surface area contributed by atoms with Gasteiger partial charge in [-0.25, -0.2) is 14.8 Å². The second kappa shape index (κ2) is 33.6. The second-order valence-corrected chi connectivity index (χ2v) is 23.2. The second-order valence-electron chi connectivity index (χ2n) is 23.2. The van der Waals surface area contributed by atoms with E-state index in [-0.39, 0.29) is 69.7 Å². The molecule has 472 valence electrons. The number of aliphatic carboxylic acids is 1. The Kier molecular flexibility index (Phi) is 26.6. The number of aromatic amines is 2. The highest BCUT2D eigenvalue weighted by Gasteiger charge is 2.41. The van der Waals surface area contributed by atoms with Crippen LogP contribution < -0.4 is 54.0 Å². The number of hydrogen-bond donors (Lipinski definition) is 13. The molecule has 15 N–H and O–H groups in total. The van der Waals surface area contributed by atoms with Gasteiger partial charge in [-0.1, -0.05) is 102 Å². The molecule has 0 spiro atoms. The molecule has 1 saturated heterocycles. The van der Waals surface area contributed by atoms with Crippen LogP contribution in [-0.4, -0.2) is 162 Å². The molecule has 1 fully saturated rings. The Hall–Kier alpha value is -9.01. The average molecular weight is 1210 g/mol. The normalized spacial score (nSPS) is 16.2. The lowest BCUT2D eigenvalue weighted by molar-refractivity contribution is -0.143. The fourth-order valence-corrected chi connectivity index (χ4v) is 9.93. The van der Waals surface area contributed by atoms with E-state index in [4.69, 9.17) is 11.5 Å². The van der Waals surface area contributed by atoms with Crippen LogP contribution in [0, 0.1) is 17.8 Å². The first kappa shape index (κ1) is 68.8. The minimum atomic E-state index is -1.54. The Bertz CT molecular complexity index is 2940. The van der Waals surface area contributed by atoms with Gasteiger partial charge in [0.2, 0.25) is 59.1 Å². The third-order valence-electron chi connectivity index (χ3n) is 14.6. The van der Waals surface area contributed by atoms with Crippen LogP contribution in [0.5, 0.6) is 0 Å². The maximum atomic E-state index is 14.7. The highest BCUT2D eigenvalue weighted by atomic mass is 16.4. The van der Waals surface area contributed by atoms with Crippen molar-refractivity contribution in [3.63, 3.8) is 0 Å². The number of nitrogens with zero attached hydrogens (tertiary/aromatic N) is 3. The average Bonchev–Trinajstić information content (AvgIpc) is 3.56. The summed E-state index contributed by atoms with van der Waals surface area (Å²) >= 11 is 0. The Morgan fingerprint density at radius 3 is 1.53 bits per heavy atom. The third-order valence-corrected chi connectivity index (χ3v) is 14.6. The maximum Gasteiger partial charge on any atom is 0.326 e. The predicted octanol–water partition coefficient (Wildman–Crippen LogP) is -0.282. The van der Waals surface area contributed by atoms with Crippen LogP contribution in [0.4, 0.5) is 0 Å². The van der Waals surface area contributed by atoms with Gasteiger partial charge < -0.3 is 74.0 Å². The van der Waals surface area contributed by atoms with E-state index in [1.54, 1.807) is 58.0 Å². The Balaban J connectivity index is 1.33. The zero-order chi connectivity index (χ0) is 63.9. The molecule has 4 aromatic rings. The molecule has 3 heterocycles. The number of carboxylic acids is 1. The number of hydrogen-bond acceptors (Lipinski definition) is 14. The summed E-state index contributed by atoms with van der Waals surface area (Å²) < 4.78 is 0. The number of aromatic nitrogens is 4. The van der Waals surface area contributed by atoms with Gasteiger partial charge in [0.05, 0.1) is 18.7 Å². The molecular formula is C60H85N15O12. The highest BCUT2D eigenvalue weighted by Crippen LogP contribution is 2.22. The molecular weight excluding hydrogens is 1120 g/mol. The van der Waals surface area contributed by atoms with Crippen molar-refractivity contribution >= 4 is 65.0 Å². The highest BCUT2D eigenvalue weighted by molar-refractivity contribution is 5.99. The maximum absolute atomic E-state index is 14.7. The van der Waals surface area contributed by atoms with Crippen LogP contribution in [0.15, 0.2) is 85.7 Å². The molecule has 0 bridgehead atoms. The summed E-state index contributed by atoms with van der Waals surface area (Å²) in [5.74, 6) is -9.68. The summed E-state index contributed by atoms with van der Waals surface area (Å²) in [6.45, 7) is 12.1. The minimum Gasteiger partial charge on any atom is -0.480 e. The zero-order valence-corrected chi connectivity index (χ0v) is 50.3. The smallest absolute Gasteiger partial charge is 0.326 e. The number of nitrogens with two attached hydrogens (primary N) is 2. The first-order valence-electron chi connectivity index (χ1n) is 29.3. The summed E-state index contributed by atoms with van der Waals surface area (Å²) in [6, 6.07) is 5.11. The Morgan fingerprint density at radius 1 is 0.563 bits per heavy atom. The van der Waals surface area contributed by atoms with Crippen LogP contribution in [-0.2, 0) is 78.4 Å². The predicted molar refractivity (Wildman–Crippen MR) is 319 cm³/mol. The Morgan fingerprint density at radius 2 is 1.02 bits per heavy atom. The standard InChI is InChI=1S/C60H85N15O12/c1-33(2)23-43(54(80)71-46(28-40-30-64-32-66-40)57(83)74-50(35(5)6)60(86)87)69-51(77)36(7)67-53(79)42(20-21-49(62)76)68-55(81)44(26-38-17-12-9-13-18-38)70-56(82)45(27-39-29-63-31-65-39)72-58(84)48-19-14-22-75(48)59(85)47(24-34(3)4)73-52(78)41(61)25-37-15-10-8-11-16-37/h8-13,15-18,29-36,41-48,50H,14,19-28,61H2,1-7H3,(H2,62,76)(H,63,65)(H,64,66)(H,67,79)(H,68,81)(H,69,77)(H,70,82)(H,71,80)(H,72,84)(H,73,78)(H,74,83)(H,86,87)/t36-,41-,42-,43-,44-,45-,46-,47-,48-,50-/m0/s1. The van der Waals surface area contributed by atoms with Gasteiger partial charge in [0.25, 0.3) is 0 Å². The van der Waals surface area contributed by atoms with Crippen LogP contribution in [0.25, 0.3) is 0 Å². The zero-order valence-electron chi connectivity index (χ0n) is 50.3. The fraction of sp³-hybridized carbons (Fsp3) is 0.517. The van der Waals surface area contributed by atoms with E-state index >= 15 is 0 Å². The van der Waals surface area contributed by atoms with E-state index in [0.29, 0.717) is 23.4 Å². The van der Waals surface area contributed by atoms with E-state index in [1.165, 1.54) is 36.9 Å². The lowest BCUT2D eigenvalue weighted by atomic mass is 10.0. The molecule has 1 aliphatic rings. The van der Waals surface area contributed by atoms with E-state index in [2.05, 4.69) is 62.5 Å². The molecule has 0 saturated carbocycles. The summed E-state index contributed by atoms with van der Waals surface area (Å²) in [4.78, 5) is 167. The van der Waals surface area contributed by atoms with Crippen LogP contribution in [0.2, 0.25) is 0 Å². The molecule has 2 aromatic carbocycles. The number of carbonyl (C=O) groups is 11. The number of nitrogens with one attached hydrogen (secondary N) is 10. The number of likely N-dealkylation sites (tertiary alicyclic amines) is 1. The largest absolute Gasteiger partial charge is 0.480 e. The number of H-pyrrole nitrogens is 2. The summed E-state index contributed by atoms with van der Waals surface area (Å²) in [5.41, 5.74) is 14.1. The van der Waals surface area contributed by atoms with Gasteiger partial charge in [0.1, 0.15) is 54.4 Å². The fourth-order valence-electron chi connectivity index (χ4n) is 9.93. The first-order chi connectivity index (χ1) is 41.3. The molecule has 27 nitrogen and oxygen atoms in total. The molecule has 5 rings (SSSR count).